The number of aromatic nitrogens is 5. The molecule has 1 aliphatic heterocycles. The van der Waals surface area contributed by atoms with Crippen molar-refractivity contribution in [2.24, 2.45) is 0 Å². The van der Waals surface area contributed by atoms with Crippen molar-refractivity contribution in [3.8, 4) is 5.82 Å². The van der Waals surface area contributed by atoms with Crippen molar-refractivity contribution in [2.45, 2.75) is 25.4 Å². The van der Waals surface area contributed by atoms with E-state index in [-0.39, 0.29) is 11.9 Å². The zero-order valence-electron chi connectivity index (χ0n) is 14.9. The molecule has 2 aromatic heterocycles. The minimum absolute atomic E-state index is 0.168. The van der Waals surface area contributed by atoms with Gasteiger partial charge >= 0.3 is 0 Å². The van der Waals surface area contributed by atoms with Gasteiger partial charge in [-0.25, -0.2) is 9.67 Å². The van der Waals surface area contributed by atoms with Crippen molar-refractivity contribution < 1.29 is 4.79 Å². The molecule has 1 N–H and O–H groups in total. The first-order chi connectivity index (χ1) is 13.3. The van der Waals surface area contributed by atoms with Crippen molar-refractivity contribution in [2.75, 3.05) is 13.1 Å². The Morgan fingerprint density at radius 2 is 1.89 bits per heavy atom. The van der Waals surface area contributed by atoms with Crippen LogP contribution in [0.5, 0.6) is 0 Å². The Morgan fingerprint density at radius 1 is 1.07 bits per heavy atom. The SMILES string of the molecule is O=C(NC1CCN(Cc2ccccc2)CC1)c1ccc(-n2cncn2)nn1. The van der Waals surface area contributed by atoms with Gasteiger partial charge < -0.3 is 5.32 Å². The third-order valence-electron chi connectivity index (χ3n) is 4.71. The van der Waals surface area contributed by atoms with Gasteiger partial charge in [-0.15, -0.1) is 10.2 Å². The number of rotatable bonds is 5. The fourth-order valence-corrected chi connectivity index (χ4v) is 3.23. The highest BCUT2D eigenvalue weighted by molar-refractivity contribution is 5.92. The molecule has 0 radical (unpaired) electrons. The van der Waals surface area contributed by atoms with Gasteiger partial charge in [-0.3, -0.25) is 9.69 Å². The molecule has 0 atom stereocenters. The van der Waals surface area contributed by atoms with E-state index in [4.69, 9.17) is 0 Å². The highest BCUT2D eigenvalue weighted by Gasteiger charge is 2.21. The first-order valence-electron chi connectivity index (χ1n) is 9.04. The molecule has 1 aromatic carbocycles. The zero-order valence-corrected chi connectivity index (χ0v) is 14.9. The molecule has 27 heavy (non-hydrogen) atoms. The van der Waals surface area contributed by atoms with E-state index in [0.29, 0.717) is 11.5 Å². The standard InChI is InChI=1S/C19H21N7O/c27-19(17-6-7-18(24-23-17)26-14-20-13-21-26)22-16-8-10-25(11-9-16)12-15-4-2-1-3-5-15/h1-7,13-14,16H,8-12H2,(H,22,27). The lowest BCUT2D eigenvalue weighted by molar-refractivity contribution is 0.0903. The van der Waals surface area contributed by atoms with E-state index >= 15 is 0 Å². The van der Waals surface area contributed by atoms with Gasteiger partial charge in [-0.1, -0.05) is 30.3 Å². The molecule has 0 unspecified atom stereocenters. The lowest BCUT2D eigenvalue weighted by Crippen LogP contribution is -2.44. The summed E-state index contributed by atoms with van der Waals surface area (Å²) in [6.07, 6.45) is 4.82. The normalized spacial score (nSPS) is 15.6. The van der Waals surface area contributed by atoms with E-state index in [9.17, 15) is 4.79 Å². The van der Waals surface area contributed by atoms with Gasteiger partial charge in [0, 0.05) is 25.7 Å². The highest BCUT2D eigenvalue weighted by atomic mass is 16.2. The Kier molecular flexibility index (Phi) is 5.15. The summed E-state index contributed by atoms with van der Waals surface area (Å²) in [7, 11) is 0. The van der Waals surface area contributed by atoms with Gasteiger partial charge in [0.1, 0.15) is 12.7 Å². The molecule has 3 aromatic rings. The predicted molar refractivity (Wildman–Crippen MR) is 99.2 cm³/mol. The van der Waals surface area contributed by atoms with E-state index in [2.05, 4.69) is 54.8 Å². The summed E-state index contributed by atoms with van der Waals surface area (Å²) in [6, 6.07) is 14.0. The molecule has 0 spiro atoms. The minimum atomic E-state index is -0.186. The smallest absolute Gasteiger partial charge is 0.272 e. The molecule has 0 aliphatic carbocycles. The second-order valence-electron chi connectivity index (χ2n) is 6.63. The Balaban J connectivity index is 1.28. The summed E-state index contributed by atoms with van der Waals surface area (Å²) in [6.45, 7) is 2.89. The number of carbonyl (C=O) groups is 1. The van der Waals surface area contributed by atoms with Crippen LogP contribution in [0.3, 0.4) is 0 Å². The van der Waals surface area contributed by atoms with Crippen LogP contribution in [0.15, 0.2) is 55.1 Å². The molecule has 0 saturated carbocycles. The molecule has 138 valence electrons. The highest BCUT2D eigenvalue weighted by Crippen LogP contribution is 2.14. The monoisotopic (exact) mass is 363 g/mol. The molecule has 1 fully saturated rings. The Labute approximate surface area is 157 Å². The van der Waals surface area contributed by atoms with Crippen molar-refractivity contribution >= 4 is 5.91 Å². The molecular weight excluding hydrogens is 342 g/mol. The van der Waals surface area contributed by atoms with Gasteiger partial charge in [0.2, 0.25) is 0 Å². The zero-order chi connectivity index (χ0) is 18.5. The average Bonchev–Trinajstić information content (AvgIpc) is 3.25. The third kappa shape index (κ3) is 4.35. The molecule has 1 aliphatic rings. The number of carbonyl (C=O) groups excluding carboxylic acids is 1. The summed E-state index contributed by atoms with van der Waals surface area (Å²) < 4.78 is 1.50. The van der Waals surface area contributed by atoms with E-state index < -0.39 is 0 Å². The van der Waals surface area contributed by atoms with Crippen molar-refractivity contribution in [3.05, 3.63) is 66.4 Å². The molecule has 1 amide bonds. The second kappa shape index (κ2) is 8.05. The first-order valence-corrected chi connectivity index (χ1v) is 9.04. The first kappa shape index (κ1) is 17.3. The van der Waals surface area contributed by atoms with Crippen LogP contribution in [0.1, 0.15) is 28.9 Å². The maximum atomic E-state index is 12.4. The van der Waals surface area contributed by atoms with E-state index in [0.717, 1.165) is 32.5 Å². The summed E-state index contributed by atoms with van der Waals surface area (Å²) in [5.41, 5.74) is 1.63. The number of nitrogens with zero attached hydrogens (tertiary/aromatic N) is 6. The molecule has 0 bridgehead atoms. The van der Waals surface area contributed by atoms with Crippen LogP contribution in [-0.4, -0.2) is 54.9 Å². The molecule has 3 heterocycles. The lowest BCUT2D eigenvalue weighted by atomic mass is 10.0. The Bertz CT molecular complexity index is 857. The summed E-state index contributed by atoms with van der Waals surface area (Å²) in [5, 5.41) is 15.1. The third-order valence-corrected chi connectivity index (χ3v) is 4.71. The van der Waals surface area contributed by atoms with Crippen molar-refractivity contribution in [1.82, 2.24) is 35.2 Å². The Morgan fingerprint density at radius 3 is 2.56 bits per heavy atom. The van der Waals surface area contributed by atoms with Crippen molar-refractivity contribution in [1.29, 1.82) is 0 Å². The quantitative estimate of drug-likeness (QED) is 0.738. The van der Waals surface area contributed by atoms with Crippen LogP contribution in [0.25, 0.3) is 5.82 Å². The molecular formula is C19H21N7O. The second-order valence-corrected chi connectivity index (χ2v) is 6.63. The maximum Gasteiger partial charge on any atom is 0.272 e. The van der Waals surface area contributed by atoms with Crippen LogP contribution in [0.4, 0.5) is 0 Å². The van der Waals surface area contributed by atoms with Crippen molar-refractivity contribution in [3.63, 3.8) is 0 Å². The van der Waals surface area contributed by atoms with Crippen LogP contribution in [-0.2, 0) is 6.54 Å². The largest absolute Gasteiger partial charge is 0.348 e. The van der Waals surface area contributed by atoms with Crippen LogP contribution in [0.2, 0.25) is 0 Å². The topological polar surface area (TPSA) is 88.8 Å². The lowest BCUT2D eigenvalue weighted by Gasteiger charge is -2.32. The fraction of sp³-hybridized carbons (Fsp3) is 0.316. The van der Waals surface area contributed by atoms with Gasteiger partial charge in [-0.2, -0.15) is 5.10 Å². The number of hydrogen-bond donors (Lipinski definition) is 1. The molecule has 1 saturated heterocycles. The maximum absolute atomic E-state index is 12.4. The summed E-state index contributed by atoms with van der Waals surface area (Å²) >= 11 is 0. The number of benzene rings is 1. The predicted octanol–water partition coefficient (Wildman–Crippen LogP) is 1.45. The number of piperidine rings is 1. The van der Waals surface area contributed by atoms with E-state index in [1.54, 1.807) is 12.1 Å². The van der Waals surface area contributed by atoms with E-state index in [1.165, 1.54) is 22.9 Å². The van der Waals surface area contributed by atoms with Crippen LogP contribution >= 0.6 is 0 Å². The number of likely N-dealkylation sites (tertiary alicyclic amines) is 1. The Hall–Kier alpha value is -3.13. The number of amides is 1. The number of nitrogens with one attached hydrogen (secondary N) is 1. The van der Waals surface area contributed by atoms with Gasteiger partial charge in [0.05, 0.1) is 0 Å². The van der Waals surface area contributed by atoms with E-state index in [1.807, 2.05) is 6.07 Å². The van der Waals surface area contributed by atoms with Gasteiger partial charge in [-0.05, 0) is 30.5 Å². The van der Waals surface area contributed by atoms with Gasteiger partial charge in [0.15, 0.2) is 11.5 Å². The number of hydrogen-bond acceptors (Lipinski definition) is 6. The molecule has 8 nitrogen and oxygen atoms in total. The van der Waals surface area contributed by atoms with Gasteiger partial charge in [0.25, 0.3) is 5.91 Å². The van der Waals surface area contributed by atoms with Crippen LogP contribution in [0, 0.1) is 0 Å². The molecule has 4 rings (SSSR count). The summed E-state index contributed by atoms with van der Waals surface area (Å²) in [4.78, 5) is 18.7. The average molecular weight is 363 g/mol. The van der Waals surface area contributed by atoms with Crippen LogP contribution < -0.4 is 5.32 Å². The minimum Gasteiger partial charge on any atom is -0.348 e. The fourth-order valence-electron chi connectivity index (χ4n) is 3.23. The summed E-state index contributed by atoms with van der Waals surface area (Å²) in [5.74, 6) is 0.340. The molecule has 8 heteroatoms.